The van der Waals surface area contributed by atoms with Crippen molar-refractivity contribution in [2.24, 2.45) is 0 Å². The second-order valence-corrected chi connectivity index (χ2v) is 11.8. The standard InChI is InChI=1S/C30H30ClFN8O2/c1-29(37-28(41)26-24(31)4-3-9-34-26)7-10-39(11-8-29)25-6-5-20(14-35-25)23-12-22(42-19-30(32)17-38(2)18-30)16-40-27(23)21(13-33)15-36-40/h3-6,9,12,14-16H,7-8,10-11,17-19H2,1-2H3,(H,37,41). The zero-order valence-electron chi connectivity index (χ0n) is 23.3. The minimum Gasteiger partial charge on any atom is -0.489 e. The van der Waals surface area contributed by atoms with E-state index in [1.54, 1.807) is 35.2 Å². The molecule has 12 heteroatoms. The summed E-state index contributed by atoms with van der Waals surface area (Å²) in [6.45, 7) is 4.03. The predicted molar refractivity (Wildman–Crippen MR) is 157 cm³/mol. The second-order valence-electron chi connectivity index (χ2n) is 11.4. The number of fused-ring (bicyclic) bond motifs is 1. The van der Waals surface area contributed by atoms with E-state index in [0.29, 0.717) is 48.0 Å². The summed E-state index contributed by atoms with van der Waals surface area (Å²) in [6.07, 6.45) is 7.93. The van der Waals surface area contributed by atoms with E-state index in [9.17, 15) is 14.4 Å². The molecule has 6 heterocycles. The van der Waals surface area contributed by atoms with Crippen molar-refractivity contribution < 1.29 is 13.9 Å². The molecule has 4 aromatic rings. The number of alkyl halides is 1. The third kappa shape index (κ3) is 5.47. The van der Waals surface area contributed by atoms with Crippen LogP contribution >= 0.6 is 11.6 Å². The Morgan fingerprint density at radius 1 is 1.21 bits per heavy atom. The van der Waals surface area contributed by atoms with Crippen LogP contribution in [0.4, 0.5) is 10.2 Å². The second kappa shape index (κ2) is 10.9. The van der Waals surface area contributed by atoms with E-state index in [1.807, 2.05) is 37.1 Å². The Balaban J connectivity index is 1.17. The number of halogens is 2. The summed E-state index contributed by atoms with van der Waals surface area (Å²) in [5.74, 6) is 0.991. The van der Waals surface area contributed by atoms with Gasteiger partial charge in [-0.05, 0) is 57.1 Å². The number of likely N-dealkylation sites (tertiary alicyclic amines) is 1. The van der Waals surface area contributed by atoms with Gasteiger partial charge < -0.3 is 15.0 Å². The highest BCUT2D eigenvalue weighted by atomic mass is 35.5. The van der Waals surface area contributed by atoms with Gasteiger partial charge in [-0.3, -0.25) is 9.69 Å². The van der Waals surface area contributed by atoms with Crippen molar-refractivity contribution in [1.29, 1.82) is 5.26 Å². The van der Waals surface area contributed by atoms with Crippen molar-refractivity contribution in [1.82, 2.24) is 29.8 Å². The fourth-order valence-electron chi connectivity index (χ4n) is 5.68. The molecule has 1 amide bonds. The van der Waals surface area contributed by atoms with E-state index in [4.69, 9.17) is 21.3 Å². The Labute approximate surface area is 247 Å². The first-order valence-electron chi connectivity index (χ1n) is 13.7. The topological polar surface area (TPSA) is 112 Å². The zero-order chi connectivity index (χ0) is 29.5. The number of ether oxygens (including phenoxy) is 1. The maximum absolute atomic E-state index is 14.8. The van der Waals surface area contributed by atoms with E-state index in [0.717, 1.165) is 29.8 Å². The predicted octanol–water partition coefficient (Wildman–Crippen LogP) is 4.14. The minimum absolute atomic E-state index is 0.0604. The largest absolute Gasteiger partial charge is 0.489 e. The molecule has 0 bridgehead atoms. The number of rotatable bonds is 7. The van der Waals surface area contributed by atoms with Crippen molar-refractivity contribution in [3.8, 4) is 22.9 Å². The van der Waals surface area contributed by atoms with Crippen molar-refractivity contribution in [3.05, 3.63) is 71.4 Å². The summed E-state index contributed by atoms with van der Waals surface area (Å²) in [4.78, 5) is 25.7. The molecule has 6 rings (SSSR count). The van der Waals surface area contributed by atoms with Gasteiger partial charge in [-0.15, -0.1) is 0 Å². The van der Waals surface area contributed by atoms with Crippen LogP contribution in [0.15, 0.2) is 55.1 Å². The van der Waals surface area contributed by atoms with Gasteiger partial charge in [-0.1, -0.05) is 11.6 Å². The van der Waals surface area contributed by atoms with Crippen LogP contribution in [0, 0.1) is 11.3 Å². The first-order chi connectivity index (χ1) is 20.2. The van der Waals surface area contributed by atoms with E-state index in [1.165, 1.54) is 6.20 Å². The average molecular weight is 589 g/mol. The number of carbonyl (C=O) groups is 1. The van der Waals surface area contributed by atoms with Crippen LogP contribution in [0.3, 0.4) is 0 Å². The smallest absolute Gasteiger partial charge is 0.271 e. The molecule has 2 saturated heterocycles. The third-order valence-electron chi connectivity index (χ3n) is 7.95. The molecule has 0 aromatic carbocycles. The molecular weight excluding hydrogens is 559 g/mol. The molecule has 0 spiro atoms. The van der Waals surface area contributed by atoms with E-state index >= 15 is 0 Å². The van der Waals surface area contributed by atoms with Crippen LogP contribution in [0.1, 0.15) is 35.8 Å². The van der Waals surface area contributed by atoms with Gasteiger partial charge in [0, 0.05) is 55.2 Å². The number of pyridine rings is 3. The highest BCUT2D eigenvalue weighted by Crippen LogP contribution is 2.33. The van der Waals surface area contributed by atoms with Gasteiger partial charge in [-0.2, -0.15) is 10.4 Å². The van der Waals surface area contributed by atoms with Crippen molar-refractivity contribution in [2.75, 3.05) is 44.7 Å². The number of nitrogens with one attached hydrogen (secondary N) is 1. The average Bonchev–Trinajstić information content (AvgIpc) is 3.39. The Hall–Kier alpha value is -4.27. The van der Waals surface area contributed by atoms with Gasteiger partial charge in [-0.25, -0.2) is 18.9 Å². The number of hydrogen-bond acceptors (Lipinski definition) is 8. The minimum atomic E-state index is -1.38. The van der Waals surface area contributed by atoms with E-state index in [-0.39, 0.29) is 18.2 Å². The maximum Gasteiger partial charge on any atom is 0.271 e. The highest BCUT2D eigenvalue weighted by Gasteiger charge is 2.42. The molecule has 2 aliphatic heterocycles. The Morgan fingerprint density at radius 2 is 2.00 bits per heavy atom. The fourth-order valence-corrected chi connectivity index (χ4v) is 5.88. The molecule has 0 atom stereocenters. The number of carbonyl (C=O) groups excluding carboxylic acids is 1. The monoisotopic (exact) mass is 588 g/mol. The lowest BCUT2D eigenvalue weighted by molar-refractivity contribution is -0.0466. The summed E-state index contributed by atoms with van der Waals surface area (Å²) in [5, 5.41) is 17.4. The molecule has 42 heavy (non-hydrogen) atoms. The van der Waals surface area contributed by atoms with Gasteiger partial charge in [0.05, 0.1) is 28.5 Å². The van der Waals surface area contributed by atoms with Crippen molar-refractivity contribution >= 4 is 28.8 Å². The number of hydrogen-bond donors (Lipinski definition) is 1. The molecule has 216 valence electrons. The summed E-state index contributed by atoms with van der Waals surface area (Å²) >= 11 is 6.16. The Bertz CT molecular complexity index is 1670. The summed E-state index contributed by atoms with van der Waals surface area (Å²) in [7, 11) is 1.87. The Kier molecular flexibility index (Phi) is 7.20. The van der Waals surface area contributed by atoms with Gasteiger partial charge in [0.25, 0.3) is 5.91 Å². The molecular formula is C30H30ClFN8O2. The SMILES string of the molecule is CN1CC(F)(COc2cc(-c3ccc(N4CCC(C)(NC(=O)c5ncccc5Cl)CC4)nc3)c3c(C#N)cnn3c2)C1. The van der Waals surface area contributed by atoms with Crippen molar-refractivity contribution in [3.63, 3.8) is 0 Å². The zero-order valence-corrected chi connectivity index (χ0v) is 24.1. The van der Waals surface area contributed by atoms with Gasteiger partial charge in [0.1, 0.15) is 29.9 Å². The molecule has 4 aromatic heterocycles. The summed E-state index contributed by atoms with van der Waals surface area (Å²) in [5.41, 5.74) is 1.01. The molecule has 0 radical (unpaired) electrons. The number of aromatic nitrogens is 4. The van der Waals surface area contributed by atoms with Gasteiger partial charge >= 0.3 is 0 Å². The van der Waals surface area contributed by atoms with Crippen LogP contribution < -0.4 is 15.0 Å². The summed E-state index contributed by atoms with van der Waals surface area (Å²) < 4.78 is 22.2. The molecule has 2 aliphatic rings. The fraction of sp³-hybridized carbons (Fsp3) is 0.367. The molecule has 0 saturated carbocycles. The lowest BCUT2D eigenvalue weighted by atomic mass is 9.89. The highest BCUT2D eigenvalue weighted by molar-refractivity contribution is 6.33. The van der Waals surface area contributed by atoms with Gasteiger partial charge in [0.15, 0.2) is 5.67 Å². The summed E-state index contributed by atoms with van der Waals surface area (Å²) in [6, 6.07) is 11.2. The molecule has 0 aliphatic carbocycles. The quantitative estimate of drug-likeness (QED) is 0.343. The number of amides is 1. The molecule has 10 nitrogen and oxygen atoms in total. The van der Waals surface area contributed by atoms with Crippen molar-refractivity contribution in [2.45, 2.75) is 31.0 Å². The third-order valence-corrected chi connectivity index (χ3v) is 8.25. The van der Waals surface area contributed by atoms with E-state index in [2.05, 4.69) is 26.4 Å². The Morgan fingerprint density at radius 3 is 2.67 bits per heavy atom. The normalized spacial score (nSPS) is 17.8. The lowest BCUT2D eigenvalue weighted by Gasteiger charge is -2.41. The van der Waals surface area contributed by atoms with Crippen LogP contribution in [0.2, 0.25) is 5.02 Å². The van der Waals surface area contributed by atoms with E-state index < -0.39 is 11.2 Å². The molecule has 0 unspecified atom stereocenters. The van der Waals surface area contributed by atoms with Crippen LogP contribution in [0.5, 0.6) is 5.75 Å². The van der Waals surface area contributed by atoms with Crippen LogP contribution in [0.25, 0.3) is 16.6 Å². The molecule has 2 fully saturated rings. The number of nitrogens with zero attached hydrogens (tertiary/aromatic N) is 7. The number of piperidine rings is 1. The number of nitriles is 1. The lowest BCUT2D eigenvalue weighted by Crippen LogP contribution is -2.60. The maximum atomic E-state index is 14.8. The van der Waals surface area contributed by atoms with Crippen LogP contribution in [-0.4, -0.2) is 81.4 Å². The first-order valence-corrected chi connectivity index (χ1v) is 14.1. The van der Waals surface area contributed by atoms with Gasteiger partial charge in [0.2, 0.25) is 0 Å². The number of anilines is 1. The van der Waals surface area contributed by atoms with Crippen LogP contribution in [-0.2, 0) is 0 Å². The first kappa shape index (κ1) is 27.9. The molecule has 1 N–H and O–H groups in total.